The molecule has 2 aliphatic heterocycles. The minimum atomic E-state index is -1.04. The normalized spacial score (nSPS) is 17.0. The first-order valence-corrected chi connectivity index (χ1v) is 23.2. The lowest BCUT2D eigenvalue weighted by molar-refractivity contribution is -0.144. The van der Waals surface area contributed by atoms with E-state index in [1.165, 1.54) is 38.5 Å². The van der Waals surface area contributed by atoms with Gasteiger partial charge in [0.05, 0.1) is 16.4 Å². The summed E-state index contributed by atoms with van der Waals surface area (Å²) in [7, 11) is 10.4. The standard InChI is InChI=1S/C31H51NO8S6/c33-24(16-12-10-8-6-4-2-1-3-5-7-9-11-13-18-27(35)36)22-23(28(37)38)19-20-26(34)32-21-15-14-17-25(29(39)40)30-41-43-31(44-42-30)45-46-31/h23,25,30H,1-22H2,(H,32,34)(H,35,36)(H,37,38)(H,39,40)/t23-,25+/m1/s1. The molecule has 0 bridgehead atoms. The number of ketones is 1. The summed E-state index contributed by atoms with van der Waals surface area (Å²) in [5, 5.41) is 30.7. The molecular weight excluding hydrogens is 707 g/mol. The van der Waals surface area contributed by atoms with Crippen LogP contribution in [0.4, 0.5) is 0 Å². The summed E-state index contributed by atoms with van der Waals surface area (Å²) in [5.41, 5.74) is 0. The number of aliphatic carboxylic acids is 3. The fraction of sp³-hybridized carbons (Fsp3) is 0.839. The third kappa shape index (κ3) is 19.6. The highest BCUT2D eigenvalue weighted by molar-refractivity contribution is 9.14. The Morgan fingerprint density at radius 1 is 0.587 bits per heavy atom. The van der Waals surface area contributed by atoms with Crippen LogP contribution in [0.5, 0.6) is 0 Å². The van der Waals surface area contributed by atoms with E-state index in [0.29, 0.717) is 32.2 Å². The molecule has 2 rings (SSSR count). The van der Waals surface area contributed by atoms with Crippen LogP contribution < -0.4 is 5.32 Å². The van der Waals surface area contributed by atoms with Crippen molar-refractivity contribution < 1.29 is 39.3 Å². The number of carbonyl (C=O) groups excluding carboxylic acids is 2. The van der Waals surface area contributed by atoms with E-state index in [9.17, 15) is 34.2 Å². The Morgan fingerprint density at radius 3 is 1.59 bits per heavy atom. The summed E-state index contributed by atoms with van der Waals surface area (Å²) in [6.45, 7) is 0.421. The maximum absolute atomic E-state index is 12.4. The maximum atomic E-state index is 12.4. The molecule has 0 aromatic rings. The van der Waals surface area contributed by atoms with Crippen molar-refractivity contribution in [3.8, 4) is 0 Å². The Bertz CT molecular complexity index is 944. The van der Waals surface area contributed by atoms with Crippen LogP contribution in [0.1, 0.15) is 135 Å². The van der Waals surface area contributed by atoms with Crippen LogP contribution in [0.15, 0.2) is 0 Å². The number of rotatable bonds is 29. The van der Waals surface area contributed by atoms with Gasteiger partial charge < -0.3 is 20.6 Å². The quantitative estimate of drug-likeness (QED) is 0.0325. The maximum Gasteiger partial charge on any atom is 0.308 e. The molecule has 264 valence electrons. The summed E-state index contributed by atoms with van der Waals surface area (Å²) in [6.07, 6.45) is 16.8. The van der Waals surface area contributed by atoms with Gasteiger partial charge in [-0.05, 0) is 53.7 Å². The number of unbranched alkanes of at least 4 members (excludes halogenated alkanes) is 13. The van der Waals surface area contributed by atoms with Gasteiger partial charge in [-0.1, -0.05) is 120 Å². The highest BCUT2D eigenvalue weighted by atomic mass is 33.2. The molecule has 9 nitrogen and oxygen atoms in total. The summed E-state index contributed by atoms with van der Waals surface area (Å²) in [5.74, 6) is -4.12. The first-order chi connectivity index (χ1) is 22.1. The van der Waals surface area contributed by atoms with Gasteiger partial charge in [0.15, 0.2) is 2.74 Å². The Morgan fingerprint density at radius 2 is 1.11 bits per heavy atom. The molecule has 0 aromatic heterocycles. The lowest BCUT2D eigenvalue weighted by Crippen LogP contribution is -2.27. The minimum absolute atomic E-state index is 0.00224. The van der Waals surface area contributed by atoms with E-state index < -0.39 is 29.7 Å². The van der Waals surface area contributed by atoms with Crippen molar-refractivity contribution in [2.75, 3.05) is 6.54 Å². The third-order valence-electron chi connectivity index (χ3n) is 8.01. The second-order valence-electron chi connectivity index (χ2n) is 12.0. The van der Waals surface area contributed by atoms with E-state index >= 15 is 0 Å². The number of nitrogens with one attached hydrogen (secondary N) is 1. The van der Waals surface area contributed by atoms with E-state index in [1.807, 2.05) is 21.6 Å². The number of carboxylic acid groups (broad SMARTS) is 3. The summed E-state index contributed by atoms with van der Waals surface area (Å²) in [6, 6.07) is 0. The molecule has 1 spiro atoms. The highest BCUT2D eigenvalue weighted by Gasteiger charge is 2.53. The lowest BCUT2D eigenvalue weighted by Gasteiger charge is -2.27. The van der Waals surface area contributed by atoms with Gasteiger partial charge in [-0.25, -0.2) is 0 Å². The van der Waals surface area contributed by atoms with Crippen LogP contribution in [-0.2, 0) is 24.0 Å². The first-order valence-electron chi connectivity index (χ1n) is 16.6. The van der Waals surface area contributed by atoms with Gasteiger partial charge in [-0.2, -0.15) is 0 Å². The molecule has 0 aliphatic carbocycles. The fourth-order valence-corrected chi connectivity index (χ4v) is 19.0. The molecule has 1 amide bonds. The smallest absolute Gasteiger partial charge is 0.308 e. The molecule has 2 aliphatic rings. The molecule has 0 saturated carbocycles. The van der Waals surface area contributed by atoms with Crippen LogP contribution in [0.2, 0.25) is 0 Å². The second kappa shape index (κ2) is 24.7. The predicted molar refractivity (Wildman–Crippen MR) is 197 cm³/mol. The molecule has 46 heavy (non-hydrogen) atoms. The second-order valence-corrected chi connectivity index (χ2v) is 21.5. The zero-order valence-electron chi connectivity index (χ0n) is 26.6. The van der Waals surface area contributed by atoms with E-state index in [2.05, 4.69) is 5.32 Å². The van der Waals surface area contributed by atoms with Gasteiger partial charge in [-0.3, -0.25) is 24.0 Å². The van der Waals surface area contributed by atoms with Crippen molar-refractivity contribution in [3.63, 3.8) is 0 Å². The van der Waals surface area contributed by atoms with Crippen molar-refractivity contribution in [2.24, 2.45) is 11.8 Å². The van der Waals surface area contributed by atoms with Gasteiger partial charge in [0.25, 0.3) is 0 Å². The number of carboxylic acids is 3. The zero-order chi connectivity index (χ0) is 33.6. The summed E-state index contributed by atoms with van der Waals surface area (Å²) in [4.78, 5) is 58.7. The Balaban J connectivity index is 1.43. The fourth-order valence-electron chi connectivity index (χ4n) is 5.19. The lowest BCUT2D eigenvalue weighted by atomic mass is 9.94. The Kier molecular flexibility index (Phi) is 22.5. The molecule has 15 heteroatoms. The minimum Gasteiger partial charge on any atom is -0.481 e. The molecule has 0 radical (unpaired) electrons. The van der Waals surface area contributed by atoms with Crippen LogP contribution in [0, 0.1) is 11.8 Å². The van der Waals surface area contributed by atoms with E-state index in [4.69, 9.17) is 5.11 Å². The number of hydrogen-bond donors (Lipinski definition) is 4. The van der Waals surface area contributed by atoms with Crippen LogP contribution in [-0.4, -0.2) is 58.8 Å². The molecule has 2 heterocycles. The Hall–Kier alpha value is -0.350. The summed E-state index contributed by atoms with van der Waals surface area (Å²) < 4.78 is 0.139. The van der Waals surface area contributed by atoms with Crippen LogP contribution >= 0.6 is 64.8 Å². The monoisotopic (exact) mass is 757 g/mol. The van der Waals surface area contributed by atoms with E-state index in [1.54, 1.807) is 43.2 Å². The molecule has 2 fully saturated rings. The van der Waals surface area contributed by atoms with Crippen molar-refractivity contribution >= 4 is 94.4 Å². The molecule has 0 unspecified atom stereocenters. The average molecular weight is 758 g/mol. The molecule has 2 saturated heterocycles. The molecular formula is C31H51NO8S6. The number of carbonyl (C=O) groups is 5. The van der Waals surface area contributed by atoms with Gasteiger partial charge >= 0.3 is 17.9 Å². The predicted octanol–water partition coefficient (Wildman–Crippen LogP) is 9.46. The third-order valence-corrected chi connectivity index (χ3v) is 21.9. The SMILES string of the molecule is O=C(O)CCCCCCCCCCCCCCCC(=O)C[C@@H](CCC(=O)NCCCC[C@@H](C(=O)O)C1SSC2(SS1)SS2)C(=O)O. The van der Waals surface area contributed by atoms with Gasteiger partial charge in [0.2, 0.25) is 5.91 Å². The number of hydrogen-bond acceptors (Lipinski definition) is 11. The highest BCUT2D eigenvalue weighted by Crippen LogP contribution is 2.84. The van der Waals surface area contributed by atoms with Gasteiger partial charge in [0.1, 0.15) is 5.78 Å². The first kappa shape index (κ1) is 41.8. The van der Waals surface area contributed by atoms with Crippen LogP contribution in [0.25, 0.3) is 0 Å². The summed E-state index contributed by atoms with van der Waals surface area (Å²) >= 11 is 0. The van der Waals surface area contributed by atoms with Gasteiger partial charge in [0, 0.05) is 32.2 Å². The number of Topliss-reactive ketones (excluding diaryl/α,β-unsaturated/α-hetero) is 1. The topological polar surface area (TPSA) is 158 Å². The van der Waals surface area contributed by atoms with Crippen molar-refractivity contribution in [1.82, 2.24) is 5.32 Å². The molecule has 0 aromatic carbocycles. The number of amides is 1. The van der Waals surface area contributed by atoms with Crippen molar-refractivity contribution in [1.29, 1.82) is 0 Å². The van der Waals surface area contributed by atoms with Crippen molar-refractivity contribution in [3.05, 3.63) is 0 Å². The van der Waals surface area contributed by atoms with Crippen LogP contribution in [0.3, 0.4) is 0 Å². The Labute approximate surface area is 297 Å². The van der Waals surface area contributed by atoms with Crippen molar-refractivity contribution in [2.45, 2.75) is 142 Å². The molecule has 2 atom stereocenters. The van der Waals surface area contributed by atoms with Gasteiger partial charge in [-0.15, -0.1) is 0 Å². The largest absolute Gasteiger partial charge is 0.481 e. The average Bonchev–Trinajstić information content (AvgIpc) is 3.77. The zero-order valence-corrected chi connectivity index (χ0v) is 31.5. The van der Waals surface area contributed by atoms with E-state index in [-0.39, 0.29) is 44.7 Å². The molecule has 4 N–H and O–H groups in total. The van der Waals surface area contributed by atoms with E-state index in [0.717, 1.165) is 44.9 Å².